The Morgan fingerprint density at radius 1 is 1.32 bits per heavy atom. The van der Waals surface area contributed by atoms with E-state index in [9.17, 15) is 4.79 Å². The fraction of sp³-hybridized carbons (Fsp3) is 0.312. The van der Waals surface area contributed by atoms with Crippen molar-refractivity contribution in [1.82, 2.24) is 34.3 Å². The number of hydrogen-bond donors (Lipinski definition) is 0. The highest BCUT2D eigenvalue weighted by Gasteiger charge is 2.21. The number of rotatable bonds is 3. The number of thiophene rings is 1. The van der Waals surface area contributed by atoms with Gasteiger partial charge in [0.2, 0.25) is 5.82 Å². The number of carbonyl (C=O) groups is 1. The fourth-order valence-electron chi connectivity index (χ4n) is 2.71. The van der Waals surface area contributed by atoms with Crippen LogP contribution in [0.15, 0.2) is 18.6 Å². The number of nitrogens with zero attached hydrogens (tertiary/aromatic N) is 7. The van der Waals surface area contributed by atoms with Crippen molar-refractivity contribution in [3.63, 3.8) is 0 Å². The molecule has 0 N–H and O–H groups in total. The average molecular weight is 355 g/mol. The van der Waals surface area contributed by atoms with E-state index in [1.165, 1.54) is 11.3 Å². The van der Waals surface area contributed by atoms with E-state index < -0.39 is 0 Å². The van der Waals surface area contributed by atoms with Crippen molar-refractivity contribution in [2.24, 2.45) is 0 Å². The lowest BCUT2D eigenvalue weighted by atomic mass is 10.2. The van der Waals surface area contributed by atoms with Gasteiger partial charge in [-0.2, -0.15) is 5.10 Å². The van der Waals surface area contributed by atoms with Crippen LogP contribution in [0.2, 0.25) is 0 Å². The first kappa shape index (κ1) is 15.7. The second-order valence-electron chi connectivity index (χ2n) is 5.94. The van der Waals surface area contributed by atoms with Gasteiger partial charge in [-0.3, -0.25) is 9.48 Å². The van der Waals surface area contributed by atoms with Gasteiger partial charge in [0.15, 0.2) is 5.65 Å². The van der Waals surface area contributed by atoms with Gasteiger partial charge in [-0.05, 0) is 25.5 Å². The third kappa shape index (κ3) is 2.39. The summed E-state index contributed by atoms with van der Waals surface area (Å²) in [5.41, 5.74) is 2.30. The molecule has 0 unspecified atom stereocenters. The van der Waals surface area contributed by atoms with Crippen molar-refractivity contribution in [1.29, 1.82) is 0 Å². The molecular formula is C16H17N7OS. The van der Waals surface area contributed by atoms with Crippen LogP contribution in [0.1, 0.15) is 22.2 Å². The SMILES string of the molecule is CCn1ccc(-c2nc3c4c(C)c(C(=O)N(C)C)sc4ncn3n2)n1. The summed E-state index contributed by atoms with van der Waals surface area (Å²) in [5, 5.41) is 9.81. The number of fused-ring (bicyclic) bond motifs is 3. The first-order valence-corrected chi connectivity index (χ1v) is 8.71. The van der Waals surface area contributed by atoms with Gasteiger partial charge in [0.1, 0.15) is 16.9 Å². The summed E-state index contributed by atoms with van der Waals surface area (Å²) in [6, 6.07) is 1.89. The molecule has 128 valence electrons. The van der Waals surface area contributed by atoms with Crippen LogP contribution in [0, 0.1) is 6.92 Å². The number of hydrogen-bond acceptors (Lipinski definition) is 6. The maximum atomic E-state index is 12.4. The molecule has 4 aromatic heterocycles. The predicted octanol–water partition coefficient (Wildman–Crippen LogP) is 2.23. The molecule has 0 aliphatic heterocycles. The molecular weight excluding hydrogens is 338 g/mol. The van der Waals surface area contributed by atoms with Gasteiger partial charge in [0, 0.05) is 26.8 Å². The Labute approximate surface area is 147 Å². The van der Waals surface area contributed by atoms with Crippen LogP contribution >= 0.6 is 11.3 Å². The second kappa shape index (κ2) is 5.62. The van der Waals surface area contributed by atoms with E-state index in [2.05, 4.69) is 20.2 Å². The molecule has 0 aliphatic rings. The number of carbonyl (C=O) groups excluding carboxylic acids is 1. The summed E-state index contributed by atoms with van der Waals surface area (Å²) in [6.45, 7) is 4.75. The number of amides is 1. The Balaban J connectivity index is 1.92. The van der Waals surface area contributed by atoms with E-state index in [0.717, 1.165) is 28.0 Å². The van der Waals surface area contributed by atoms with Gasteiger partial charge in [0.05, 0.1) is 10.3 Å². The molecule has 4 heterocycles. The summed E-state index contributed by atoms with van der Waals surface area (Å²) in [7, 11) is 3.49. The predicted molar refractivity (Wildman–Crippen MR) is 95.8 cm³/mol. The minimum absolute atomic E-state index is 0.0277. The summed E-state index contributed by atoms with van der Waals surface area (Å²) >= 11 is 1.38. The molecule has 4 aromatic rings. The minimum Gasteiger partial charge on any atom is -0.344 e. The zero-order valence-corrected chi connectivity index (χ0v) is 15.2. The Bertz CT molecular complexity index is 1100. The molecule has 9 heteroatoms. The normalized spacial score (nSPS) is 11.5. The Morgan fingerprint density at radius 3 is 2.80 bits per heavy atom. The fourth-order valence-corrected chi connectivity index (χ4v) is 3.87. The smallest absolute Gasteiger partial charge is 0.263 e. The molecule has 25 heavy (non-hydrogen) atoms. The standard InChI is InChI=1S/C16H17N7OS/c1-5-22-7-6-10(19-22)13-18-14-11-9(2)12(16(24)21(3)4)25-15(11)17-8-23(14)20-13/h6-8H,5H2,1-4H3. The quantitative estimate of drug-likeness (QED) is 0.563. The molecule has 0 aliphatic carbocycles. The van der Waals surface area contributed by atoms with E-state index in [-0.39, 0.29) is 5.91 Å². The third-order valence-corrected chi connectivity index (χ3v) is 5.25. The van der Waals surface area contributed by atoms with Crippen molar-refractivity contribution in [2.45, 2.75) is 20.4 Å². The molecule has 8 nitrogen and oxygen atoms in total. The van der Waals surface area contributed by atoms with E-state index in [4.69, 9.17) is 0 Å². The lowest BCUT2D eigenvalue weighted by Gasteiger charge is -2.08. The molecule has 0 saturated heterocycles. The summed E-state index contributed by atoms with van der Waals surface area (Å²) in [4.78, 5) is 24.5. The van der Waals surface area contributed by atoms with E-state index in [1.807, 2.05) is 30.8 Å². The van der Waals surface area contributed by atoms with Gasteiger partial charge in [-0.15, -0.1) is 16.4 Å². The first-order valence-electron chi connectivity index (χ1n) is 7.89. The molecule has 0 radical (unpaired) electrons. The van der Waals surface area contributed by atoms with Crippen LogP contribution in [0.5, 0.6) is 0 Å². The summed E-state index contributed by atoms with van der Waals surface area (Å²) < 4.78 is 3.48. The second-order valence-corrected chi connectivity index (χ2v) is 6.94. The van der Waals surface area contributed by atoms with Crippen LogP contribution in [0.4, 0.5) is 0 Å². The molecule has 4 rings (SSSR count). The highest BCUT2D eigenvalue weighted by Crippen LogP contribution is 2.32. The van der Waals surface area contributed by atoms with E-state index in [0.29, 0.717) is 16.3 Å². The topological polar surface area (TPSA) is 81.2 Å². The van der Waals surface area contributed by atoms with Gasteiger partial charge in [0.25, 0.3) is 5.91 Å². The highest BCUT2D eigenvalue weighted by atomic mass is 32.1. The molecule has 0 spiro atoms. The molecule has 0 fully saturated rings. The largest absolute Gasteiger partial charge is 0.344 e. The average Bonchev–Trinajstić information content (AvgIpc) is 3.29. The van der Waals surface area contributed by atoms with Crippen LogP contribution in [0.25, 0.3) is 27.4 Å². The van der Waals surface area contributed by atoms with Crippen molar-refractivity contribution >= 4 is 33.1 Å². The van der Waals surface area contributed by atoms with Crippen LogP contribution in [0.3, 0.4) is 0 Å². The molecule has 1 amide bonds. The summed E-state index contributed by atoms with van der Waals surface area (Å²) in [6.07, 6.45) is 3.53. The zero-order chi connectivity index (χ0) is 17.7. The van der Waals surface area contributed by atoms with Crippen LogP contribution < -0.4 is 0 Å². The highest BCUT2D eigenvalue weighted by molar-refractivity contribution is 7.20. The van der Waals surface area contributed by atoms with E-state index in [1.54, 1.807) is 29.8 Å². The molecule has 0 atom stereocenters. The molecule has 0 aromatic carbocycles. The Hall–Kier alpha value is -2.81. The van der Waals surface area contributed by atoms with Gasteiger partial charge in [-0.25, -0.2) is 14.5 Å². The van der Waals surface area contributed by atoms with Gasteiger partial charge >= 0.3 is 0 Å². The van der Waals surface area contributed by atoms with Crippen molar-refractivity contribution in [3.05, 3.63) is 29.0 Å². The minimum atomic E-state index is -0.0277. The number of aryl methyl sites for hydroxylation is 2. The maximum absolute atomic E-state index is 12.4. The van der Waals surface area contributed by atoms with Crippen LogP contribution in [-0.4, -0.2) is 54.3 Å². The van der Waals surface area contributed by atoms with Crippen molar-refractivity contribution < 1.29 is 4.79 Å². The van der Waals surface area contributed by atoms with Crippen molar-refractivity contribution in [2.75, 3.05) is 14.1 Å². The van der Waals surface area contributed by atoms with E-state index >= 15 is 0 Å². The lowest BCUT2D eigenvalue weighted by molar-refractivity contribution is 0.0831. The zero-order valence-electron chi connectivity index (χ0n) is 14.4. The van der Waals surface area contributed by atoms with Gasteiger partial charge in [-0.1, -0.05) is 0 Å². The summed E-state index contributed by atoms with van der Waals surface area (Å²) in [5.74, 6) is 0.521. The lowest BCUT2D eigenvalue weighted by Crippen LogP contribution is -2.21. The monoisotopic (exact) mass is 355 g/mol. The van der Waals surface area contributed by atoms with Crippen molar-refractivity contribution in [3.8, 4) is 11.5 Å². The Morgan fingerprint density at radius 2 is 2.12 bits per heavy atom. The number of aromatic nitrogens is 6. The van der Waals surface area contributed by atoms with Gasteiger partial charge < -0.3 is 4.90 Å². The molecule has 0 saturated carbocycles. The third-order valence-electron chi connectivity index (χ3n) is 4.06. The first-order chi connectivity index (χ1) is 12.0. The maximum Gasteiger partial charge on any atom is 0.263 e. The van der Waals surface area contributed by atoms with Crippen LogP contribution in [-0.2, 0) is 6.54 Å². The Kier molecular flexibility index (Phi) is 3.53. The molecule has 0 bridgehead atoms.